The predicted octanol–water partition coefficient (Wildman–Crippen LogP) is 2.97. The largest absolute Gasteiger partial charge is 0.486 e. The quantitative estimate of drug-likeness (QED) is 0.669. The van der Waals surface area contributed by atoms with Gasteiger partial charge in [0.25, 0.3) is 5.91 Å². The van der Waals surface area contributed by atoms with Crippen LogP contribution in [-0.2, 0) is 9.63 Å². The number of benzene rings is 2. The van der Waals surface area contributed by atoms with Crippen molar-refractivity contribution in [2.24, 2.45) is 5.16 Å². The second-order valence-corrected chi connectivity index (χ2v) is 5.35. The third-order valence-electron chi connectivity index (χ3n) is 3.49. The molecule has 25 heavy (non-hydrogen) atoms. The van der Waals surface area contributed by atoms with Crippen LogP contribution in [0.5, 0.6) is 11.5 Å². The van der Waals surface area contributed by atoms with Gasteiger partial charge in [-0.3, -0.25) is 4.79 Å². The molecule has 0 saturated carbocycles. The molecule has 0 unspecified atom stereocenters. The molecule has 130 valence electrons. The van der Waals surface area contributed by atoms with E-state index in [0.29, 0.717) is 30.4 Å². The maximum Gasteiger partial charge on any atom is 0.267 e. The molecule has 3 rings (SSSR count). The zero-order valence-electron chi connectivity index (χ0n) is 13.6. The van der Waals surface area contributed by atoms with E-state index in [4.69, 9.17) is 14.3 Å². The van der Waals surface area contributed by atoms with Gasteiger partial charge in [-0.25, -0.2) is 4.39 Å². The van der Waals surface area contributed by atoms with Crippen LogP contribution in [0.25, 0.3) is 0 Å². The first-order chi connectivity index (χ1) is 12.1. The summed E-state index contributed by atoms with van der Waals surface area (Å²) in [6.07, 6.45) is 0.375. The minimum absolute atomic E-state index is 0.280. The van der Waals surface area contributed by atoms with Crippen molar-refractivity contribution in [1.82, 2.24) is 0 Å². The number of carbonyl (C=O) groups is 1. The molecule has 2 aromatic rings. The molecule has 7 heteroatoms. The number of hydrogen-bond acceptors (Lipinski definition) is 5. The first-order valence-electron chi connectivity index (χ1n) is 7.78. The van der Waals surface area contributed by atoms with Crippen LogP contribution in [-0.4, -0.2) is 31.4 Å². The number of anilines is 1. The van der Waals surface area contributed by atoms with Crippen molar-refractivity contribution >= 4 is 17.8 Å². The Morgan fingerprint density at radius 1 is 1.24 bits per heavy atom. The Labute approximate surface area is 144 Å². The number of carbonyl (C=O) groups excluding carboxylic acids is 1. The number of hydrogen-bond donors (Lipinski definition) is 1. The molecular formula is C18H17FN2O4. The minimum atomic E-state index is -0.851. The van der Waals surface area contributed by atoms with Crippen molar-refractivity contribution < 1.29 is 23.5 Å². The topological polar surface area (TPSA) is 69.2 Å². The highest BCUT2D eigenvalue weighted by molar-refractivity contribution is 5.94. The molecule has 1 atom stereocenters. The summed E-state index contributed by atoms with van der Waals surface area (Å²) < 4.78 is 24.3. The van der Waals surface area contributed by atoms with Crippen LogP contribution >= 0.6 is 0 Å². The van der Waals surface area contributed by atoms with Crippen molar-refractivity contribution in [3.05, 3.63) is 53.8 Å². The number of rotatable bonds is 5. The smallest absolute Gasteiger partial charge is 0.267 e. The van der Waals surface area contributed by atoms with E-state index in [1.165, 1.54) is 12.3 Å². The highest BCUT2D eigenvalue weighted by atomic mass is 19.1. The van der Waals surface area contributed by atoms with E-state index in [9.17, 15) is 9.18 Å². The van der Waals surface area contributed by atoms with Gasteiger partial charge in [-0.05, 0) is 25.1 Å². The summed E-state index contributed by atoms with van der Waals surface area (Å²) in [5, 5.41) is 6.37. The van der Waals surface area contributed by atoms with Gasteiger partial charge in [0, 0.05) is 17.3 Å². The molecule has 0 radical (unpaired) electrons. The van der Waals surface area contributed by atoms with Crippen LogP contribution < -0.4 is 14.8 Å². The van der Waals surface area contributed by atoms with Gasteiger partial charge in [0.05, 0.1) is 6.21 Å². The Bertz CT molecular complexity index is 794. The highest BCUT2D eigenvalue weighted by Gasteiger charge is 2.17. The molecule has 1 N–H and O–H groups in total. The van der Waals surface area contributed by atoms with Gasteiger partial charge in [-0.15, -0.1) is 0 Å². The lowest BCUT2D eigenvalue weighted by Gasteiger charge is -2.19. The molecule has 2 aromatic carbocycles. The molecule has 0 bridgehead atoms. The Balaban J connectivity index is 1.56. The normalized spacial score (nSPS) is 14.2. The lowest BCUT2D eigenvalue weighted by atomic mass is 10.2. The third kappa shape index (κ3) is 4.26. The summed E-state index contributed by atoms with van der Waals surface area (Å²) in [7, 11) is 0. The van der Waals surface area contributed by atoms with Gasteiger partial charge >= 0.3 is 0 Å². The fourth-order valence-corrected chi connectivity index (χ4v) is 2.17. The SMILES string of the molecule is C[C@@H](O/N=C\c1ccccc1F)C(=O)Nc1ccc2c(c1)OCCO2. The first kappa shape index (κ1) is 16.8. The van der Waals surface area contributed by atoms with E-state index < -0.39 is 11.9 Å². The Hall–Kier alpha value is -3.09. The number of halogens is 1. The van der Waals surface area contributed by atoms with E-state index >= 15 is 0 Å². The zero-order valence-corrected chi connectivity index (χ0v) is 13.6. The summed E-state index contributed by atoms with van der Waals surface area (Å²) in [6, 6.07) is 11.3. The molecule has 1 aliphatic heterocycles. The fourth-order valence-electron chi connectivity index (χ4n) is 2.17. The number of nitrogens with zero attached hydrogens (tertiary/aromatic N) is 1. The van der Waals surface area contributed by atoms with E-state index in [2.05, 4.69) is 10.5 Å². The Kier molecular flexibility index (Phi) is 5.13. The average molecular weight is 344 g/mol. The van der Waals surface area contributed by atoms with Gasteiger partial charge in [-0.1, -0.05) is 23.4 Å². The molecule has 1 aliphatic rings. The second-order valence-electron chi connectivity index (χ2n) is 5.35. The van der Waals surface area contributed by atoms with Crippen molar-refractivity contribution in [2.45, 2.75) is 13.0 Å². The second kappa shape index (κ2) is 7.65. The van der Waals surface area contributed by atoms with E-state index in [-0.39, 0.29) is 11.5 Å². The van der Waals surface area contributed by atoms with Crippen LogP contribution in [0, 0.1) is 5.82 Å². The van der Waals surface area contributed by atoms with Gasteiger partial charge in [-0.2, -0.15) is 0 Å². The van der Waals surface area contributed by atoms with E-state index in [1.54, 1.807) is 43.3 Å². The predicted molar refractivity (Wildman–Crippen MR) is 90.6 cm³/mol. The van der Waals surface area contributed by atoms with Gasteiger partial charge in [0.15, 0.2) is 11.5 Å². The summed E-state index contributed by atoms with van der Waals surface area (Å²) in [4.78, 5) is 17.2. The maximum atomic E-state index is 13.4. The van der Waals surface area contributed by atoms with Crippen LogP contribution in [0.2, 0.25) is 0 Å². The molecule has 1 heterocycles. The number of ether oxygens (including phenoxy) is 2. The van der Waals surface area contributed by atoms with E-state index in [0.717, 1.165) is 0 Å². The Morgan fingerprint density at radius 3 is 2.80 bits per heavy atom. The summed E-state index contributed by atoms with van der Waals surface area (Å²) in [6.45, 7) is 2.52. The average Bonchev–Trinajstić information content (AvgIpc) is 2.63. The summed E-state index contributed by atoms with van der Waals surface area (Å²) in [5.74, 6) is 0.420. The number of amides is 1. The molecular weight excluding hydrogens is 327 g/mol. The van der Waals surface area contributed by atoms with Crippen LogP contribution in [0.3, 0.4) is 0 Å². The van der Waals surface area contributed by atoms with Crippen LogP contribution in [0.4, 0.5) is 10.1 Å². The summed E-state index contributed by atoms with van der Waals surface area (Å²) in [5.41, 5.74) is 0.838. The molecule has 0 aromatic heterocycles. The van der Waals surface area contributed by atoms with Gasteiger partial charge in [0.2, 0.25) is 6.10 Å². The number of nitrogens with one attached hydrogen (secondary N) is 1. The van der Waals surface area contributed by atoms with Gasteiger partial charge < -0.3 is 19.6 Å². The molecule has 0 fully saturated rings. The monoisotopic (exact) mass is 344 g/mol. The molecule has 0 saturated heterocycles. The van der Waals surface area contributed by atoms with Crippen LogP contribution in [0.1, 0.15) is 12.5 Å². The lowest BCUT2D eigenvalue weighted by Crippen LogP contribution is -2.26. The van der Waals surface area contributed by atoms with Crippen molar-refractivity contribution in [2.75, 3.05) is 18.5 Å². The fraction of sp³-hybridized carbons (Fsp3) is 0.222. The van der Waals surface area contributed by atoms with Crippen LogP contribution in [0.15, 0.2) is 47.6 Å². The third-order valence-corrected chi connectivity index (χ3v) is 3.49. The van der Waals surface area contributed by atoms with Crippen molar-refractivity contribution in [3.8, 4) is 11.5 Å². The maximum absolute atomic E-state index is 13.4. The van der Waals surface area contributed by atoms with Crippen molar-refractivity contribution in [3.63, 3.8) is 0 Å². The number of oxime groups is 1. The lowest BCUT2D eigenvalue weighted by molar-refractivity contribution is -0.126. The van der Waals surface area contributed by atoms with Gasteiger partial charge in [0.1, 0.15) is 19.0 Å². The molecule has 0 aliphatic carbocycles. The molecule has 6 nitrogen and oxygen atoms in total. The van der Waals surface area contributed by atoms with Crippen molar-refractivity contribution in [1.29, 1.82) is 0 Å². The highest BCUT2D eigenvalue weighted by Crippen LogP contribution is 2.32. The summed E-state index contributed by atoms with van der Waals surface area (Å²) >= 11 is 0. The minimum Gasteiger partial charge on any atom is -0.486 e. The Morgan fingerprint density at radius 2 is 2.00 bits per heavy atom. The van der Waals surface area contributed by atoms with E-state index in [1.807, 2.05) is 0 Å². The zero-order chi connectivity index (χ0) is 17.6. The molecule has 1 amide bonds. The standard InChI is InChI=1S/C18H17FN2O4/c1-12(25-20-11-13-4-2-3-5-15(13)19)18(22)21-14-6-7-16-17(10-14)24-9-8-23-16/h2-7,10-12H,8-9H2,1H3,(H,21,22)/b20-11-/t12-/m1/s1. The first-order valence-corrected chi connectivity index (χ1v) is 7.78. The number of fused-ring (bicyclic) bond motifs is 1. The molecule has 0 spiro atoms.